The number of hydrogen-bond donors (Lipinski definition) is 4. The van der Waals surface area contributed by atoms with Crippen LogP contribution in [0.1, 0.15) is 18.1 Å². The van der Waals surface area contributed by atoms with Crippen molar-refractivity contribution in [3.63, 3.8) is 0 Å². The molecule has 5 nitrogen and oxygen atoms in total. The SMILES string of the molecule is O=c1ccc(C(O)C(O)CCO)c[nH]1. The maximum Gasteiger partial charge on any atom is 0.247 e. The maximum absolute atomic E-state index is 10.7. The molecule has 78 valence electrons. The van der Waals surface area contributed by atoms with Gasteiger partial charge in [0, 0.05) is 18.9 Å². The molecule has 0 aliphatic carbocycles. The molecule has 0 bridgehead atoms. The van der Waals surface area contributed by atoms with Crippen LogP contribution in [0, 0.1) is 0 Å². The van der Waals surface area contributed by atoms with Gasteiger partial charge in [-0.15, -0.1) is 0 Å². The summed E-state index contributed by atoms with van der Waals surface area (Å²) < 4.78 is 0. The van der Waals surface area contributed by atoms with Crippen LogP contribution in [0.5, 0.6) is 0 Å². The van der Waals surface area contributed by atoms with Crippen molar-refractivity contribution in [3.05, 3.63) is 34.2 Å². The van der Waals surface area contributed by atoms with Crippen molar-refractivity contribution in [2.75, 3.05) is 6.61 Å². The lowest BCUT2D eigenvalue weighted by molar-refractivity contribution is 0.00402. The first kappa shape index (κ1) is 10.9. The first-order valence-corrected chi connectivity index (χ1v) is 4.31. The van der Waals surface area contributed by atoms with Crippen LogP contribution in [0.4, 0.5) is 0 Å². The molecule has 0 fully saturated rings. The summed E-state index contributed by atoms with van der Waals surface area (Å²) in [7, 11) is 0. The van der Waals surface area contributed by atoms with Gasteiger partial charge < -0.3 is 20.3 Å². The van der Waals surface area contributed by atoms with Gasteiger partial charge in [-0.05, 0) is 18.1 Å². The summed E-state index contributed by atoms with van der Waals surface area (Å²) in [5.74, 6) is 0. The van der Waals surface area contributed by atoms with Gasteiger partial charge in [0.15, 0.2) is 0 Å². The highest BCUT2D eigenvalue weighted by Crippen LogP contribution is 2.16. The lowest BCUT2D eigenvalue weighted by atomic mass is 10.0. The minimum atomic E-state index is -1.08. The standard InChI is InChI=1S/C9H13NO4/c11-4-3-7(12)9(14)6-1-2-8(13)10-5-6/h1-2,5,7,9,11-12,14H,3-4H2,(H,10,13). The second-order valence-electron chi connectivity index (χ2n) is 3.01. The molecule has 0 aromatic carbocycles. The van der Waals surface area contributed by atoms with Gasteiger partial charge in [-0.1, -0.05) is 0 Å². The number of hydrogen-bond acceptors (Lipinski definition) is 4. The van der Waals surface area contributed by atoms with Crippen molar-refractivity contribution in [2.24, 2.45) is 0 Å². The maximum atomic E-state index is 10.7. The molecule has 5 heteroatoms. The van der Waals surface area contributed by atoms with E-state index < -0.39 is 12.2 Å². The number of H-pyrrole nitrogens is 1. The molecule has 1 heterocycles. The molecular weight excluding hydrogens is 186 g/mol. The van der Waals surface area contributed by atoms with E-state index in [0.717, 1.165) is 0 Å². The third-order valence-corrected chi connectivity index (χ3v) is 1.94. The molecular formula is C9H13NO4. The predicted molar refractivity (Wildman–Crippen MR) is 49.7 cm³/mol. The minimum absolute atomic E-state index is 0.0975. The van der Waals surface area contributed by atoms with Crippen LogP contribution in [-0.4, -0.2) is 33.0 Å². The van der Waals surface area contributed by atoms with E-state index in [2.05, 4.69) is 4.98 Å². The van der Waals surface area contributed by atoms with Gasteiger partial charge in [0.1, 0.15) is 6.10 Å². The highest BCUT2D eigenvalue weighted by Gasteiger charge is 2.17. The summed E-state index contributed by atoms with van der Waals surface area (Å²) in [6.07, 6.45) is -0.668. The lowest BCUT2D eigenvalue weighted by Gasteiger charge is -2.16. The Hall–Kier alpha value is -1.17. The van der Waals surface area contributed by atoms with Gasteiger partial charge in [0.05, 0.1) is 6.10 Å². The summed E-state index contributed by atoms with van der Waals surface area (Å²) >= 11 is 0. The van der Waals surface area contributed by atoms with Gasteiger partial charge >= 0.3 is 0 Å². The fourth-order valence-corrected chi connectivity index (χ4v) is 1.12. The molecule has 2 unspecified atom stereocenters. The highest BCUT2D eigenvalue weighted by molar-refractivity contribution is 5.13. The van der Waals surface area contributed by atoms with Gasteiger partial charge in [-0.25, -0.2) is 0 Å². The van der Waals surface area contributed by atoms with E-state index in [1.54, 1.807) is 0 Å². The van der Waals surface area contributed by atoms with Crippen LogP contribution in [-0.2, 0) is 0 Å². The Morgan fingerprint density at radius 2 is 2.07 bits per heavy atom. The first-order valence-electron chi connectivity index (χ1n) is 4.31. The zero-order chi connectivity index (χ0) is 10.6. The van der Waals surface area contributed by atoms with Crippen molar-refractivity contribution >= 4 is 0 Å². The number of aromatic amines is 1. The van der Waals surface area contributed by atoms with Crippen LogP contribution in [0.2, 0.25) is 0 Å². The molecule has 0 aliphatic rings. The normalized spacial score (nSPS) is 15.1. The van der Waals surface area contributed by atoms with Crippen LogP contribution in [0.3, 0.4) is 0 Å². The number of pyridine rings is 1. The third-order valence-electron chi connectivity index (χ3n) is 1.94. The Kier molecular flexibility index (Phi) is 3.82. The predicted octanol–water partition coefficient (Wildman–Crippen LogP) is -0.848. The van der Waals surface area contributed by atoms with Crippen LogP contribution in [0.25, 0.3) is 0 Å². The second kappa shape index (κ2) is 4.90. The van der Waals surface area contributed by atoms with Gasteiger partial charge in [0.25, 0.3) is 0 Å². The number of rotatable bonds is 4. The number of nitrogens with one attached hydrogen (secondary N) is 1. The summed E-state index contributed by atoms with van der Waals surface area (Å²) in [5.41, 5.74) is 0.156. The molecule has 0 radical (unpaired) electrons. The van der Waals surface area contributed by atoms with E-state index >= 15 is 0 Å². The van der Waals surface area contributed by atoms with Crippen molar-refractivity contribution in [3.8, 4) is 0 Å². The van der Waals surface area contributed by atoms with E-state index in [1.807, 2.05) is 0 Å². The minimum Gasteiger partial charge on any atom is -0.396 e. The van der Waals surface area contributed by atoms with Crippen molar-refractivity contribution < 1.29 is 15.3 Å². The van der Waals surface area contributed by atoms with Gasteiger partial charge in [-0.3, -0.25) is 4.79 Å². The van der Waals surface area contributed by atoms with E-state index in [4.69, 9.17) is 5.11 Å². The molecule has 2 atom stereocenters. The Morgan fingerprint density at radius 3 is 2.57 bits per heavy atom. The van der Waals surface area contributed by atoms with Crippen LogP contribution >= 0.6 is 0 Å². The van der Waals surface area contributed by atoms with Gasteiger partial charge in [0.2, 0.25) is 5.56 Å². The Morgan fingerprint density at radius 1 is 1.36 bits per heavy atom. The number of aliphatic hydroxyl groups is 3. The Balaban J connectivity index is 2.73. The second-order valence-corrected chi connectivity index (χ2v) is 3.01. The molecule has 4 N–H and O–H groups in total. The smallest absolute Gasteiger partial charge is 0.247 e. The fourth-order valence-electron chi connectivity index (χ4n) is 1.12. The number of aromatic nitrogens is 1. The van der Waals surface area contributed by atoms with Crippen molar-refractivity contribution in [2.45, 2.75) is 18.6 Å². The zero-order valence-electron chi connectivity index (χ0n) is 7.55. The monoisotopic (exact) mass is 199 g/mol. The summed E-state index contributed by atoms with van der Waals surface area (Å²) in [6.45, 7) is -0.193. The third kappa shape index (κ3) is 2.66. The average molecular weight is 199 g/mol. The lowest BCUT2D eigenvalue weighted by Crippen LogP contribution is -2.20. The summed E-state index contributed by atoms with van der Waals surface area (Å²) in [6, 6.07) is 2.70. The quantitative estimate of drug-likeness (QED) is 0.508. The molecule has 0 spiro atoms. The van der Waals surface area contributed by atoms with E-state index in [9.17, 15) is 15.0 Å². The molecule has 14 heavy (non-hydrogen) atoms. The molecule has 0 saturated carbocycles. The summed E-state index contributed by atoms with van der Waals surface area (Å²) in [5, 5.41) is 27.4. The first-order chi connectivity index (χ1) is 6.65. The Labute approximate surface area is 80.7 Å². The van der Waals surface area contributed by atoms with Crippen LogP contribution < -0.4 is 5.56 Å². The molecule has 1 rings (SSSR count). The topological polar surface area (TPSA) is 93.6 Å². The highest BCUT2D eigenvalue weighted by atomic mass is 16.3. The molecule has 0 saturated heterocycles. The fraction of sp³-hybridized carbons (Fsp3) is 0.444. The van der Waals surface area contributed by atoms with Crippen molar-refractivity contribution in [1.29, 1.82) is 0 Å². The molecule has 1 aromatic heterocycles. The van der Waals surface area contributed by atoms with Gasteiger partial charge in [-0.2, -0.15) is 0 Å². The van der Waals surface area contributed by atoms with E-state index in [-0.39, 0.29) is 18.6 Å². The van der Waals surface area contributed by atoms with E-state index in [0.29, 0.717) is 5.56 Å². The van der Waals surface area contributed by atoms with Crippen LogP contribution in [0.15, 0.2) is 23.1 Å². The molecule has 1 aromatic rings. The zero-order valence-corrected chi connectivity index (χ0v) is 7.55. The summed E-state index contributed by atoms with van der Waals surface area (Å²) in [4.78, 5) is 13.1. The van der Waals surface area contributed by atoms with Crippen molar-refractivity contribution in [1.82, 2.24) is 4.98 Å². The largest absolute Gasteiger partial charge is 0.396 e. The number of aliphatic hydroxyl groups excluding tert-OH is 3. The van der Waals surface area contributed by atoms with E-state index in [1.165, 1.54) is 18.3 Å². The molecule has 0 aliphatic heterocycles. The molecule has 0 amide bonds. The Bertz CT molecular complexity index is 315. The average Bonchev–Trinajstić information content (AvgIpc) is 2.18.